The van der Waals surface area contributed by atoms with Crippen molar-refractivity contribution in [2.45, 2.75) is 0 Å². The van der Waals surface area contributed by atoms with E-state index in [0.717, 1.165) is 16.5 Å². The Morgan fingerprint density at radius 1 is 0.531 bits per heavy atom. The van der Waals surface area contributed by atoms with Gasteiger partial charge in [0.15, 0.2) is 0 Å². The molecule has 5 aromatic rings. The maximum atomic E-state index is 4.61. The van der Waals surface area contributed by atoms with E-state index in [1.807, 2.05) is 12.3 Å². The van der Waals surface area contributed by atoms with Gasteiger partial charge in [0.1, 0.15) is 0 Å². The Morgan fingerprint density at radius 3 is 1.56 bits per heavy atom. The Hall–Kier alpha value is -2.98. The Kier molecular flexibility index (Phi) is 7.01. The zero-order chi connectivity index (χ0) is 20.9. The van der Waals surface area contributed by atoms with Crippen molar-refractivity contribution in [1.29, 1.82) is 0 Å². The van der Waals surface area contributed by atoms with Crippen molar-refractivity contribution in [3.8, 4) is 11.6 Å². The van der Waals surface area contributed by atoms with Gasteiger partial charge in [0.05, 0.1) is 0 Å². The van der Waals surface area contributed by atoms with Crippen LogP contribution in [0, 0.1) is 11.6 Å². The molecule has 0 fully saturated rings. The maximum Gasteiger partial charge on any atom is 0 e. The van der Waals surface area contributed by atoms with Gasteiger partial charge in [0.25, 0.3) is 0 Å². The second kappa shape index (κ2) is 10.1. The molecule has 0 N–H and O–H groups in total. The SMILES string of the molecule is C(#C[PH](c1ccccc1)(c1ccccc1)c1ccccc1)c1cccc2cccnc12.[Au]. The minimum Gasteiger partial charge on any atom is 0 e. The van der Waals surface area contributed by atoms with Gasteiger partial charge in [0.2, 0.25) is 0 Å². The molecule has 0 spiro atoms. The minimum absolute atomic E-state index is 0. The molecule has 4 aromatic carbocycles. The van der Waals surface area contributed by atoms with Crippen LogP contribution in [0.1, 0.15) is 5.56 Å². The van der Waals surface area contributed by atoms with Gasteiger partial charge in [-0.3, -0.25) is 0 Å². The minimum atomic E-state index is -2.58. The van der Waals surface area contributed by atoms with Crippen LogP contribution in [0.2, 0.25) is 0 Å². The van der Waals surface area contributed by atoms with E-state index < -0.39 is 7.26 Å². The van der Waals surface area contributed by atoms with Gasteiger partial charge in [-0.15, -0.1) is 0 Å². The fourth-order valence-corrected chi connectivity index (χ4v) is 7.98. The van der Waals surface area contributed by atoms with Crippen molar-refractivity contribution >= 4 is 34.1 Å². The van der Waals surface area contributed by atoms with Crippen LogP contribution < -0.4 is 15.9 Å². The summed E-state index contributed by atoms with van der Waals surface area (Å²) in [6, 6.07) is 42.5. The predicted molar refractivity (Wildman–Crippen MR) is 135 cm³/mol. The molecule has 0 atom stereocenters. The Labute approximate surface area is 205 Å². The van der Waals surface area contributed by atoms with E-state index in [4.69, 9.17) is 0 Å². The zero-order valence-electron chi connectivity index (χ0n) is 17.4. The summed E-state index contributed by atoms with van der Waals surface area (Å²) in [5, 5.41) is 4.97. The number of hydrogen-bond donors (Lipinski definition) is 0. The molecule has 159 valence electrons. The van der Waals surface area contributed by atoms with E-state index >= 15 is 0 Å². The normalized spacial score (nSPS) is 11.1. The zero-order valence-corrected chi connectivity index (χ0v) is 20.5. The standard InChI is InChI=1S/C29H22NP.Au/c1-4-15-26(16-5-1)31(27-17-6-2-7-18-27,28-19-8-3-9-20-28)23-21-25-13-10-12-24-14-11-22-30-29(24)25;/h1-20,22,31H;. The maximum absolute atomic E-state index is 4.61. The summed E-state index contributed by atoms with van der Waals surface area (Å²) < 4.78 is 0. The second-order valence-corrected chi connectivity index (χ2v) is 11.0. The van der Waals surface area contributed by atoms with Gasteiger partial charge in [-0.05, 0) is 0 Å². The molecule has 3 heteroatoms. The fraction of sp³-hybridized carbons (Fsp3) is 0. The molecule has 5 rings (SSSR count). The number of benzene rings is 4. The van der Waals surface area contributed by atoms with E-state index in [0.29, 0.717) is 0 Å². The van der Waals surface area contributed by atoms with Gasteiger partial charge in [-0.2, -0.15) is 0 Å². The topological polar surface area (TPSA) is 12.9 Å². The summed E-state index contributed by atoms with van der Waals surface area (Å²) in [6.07, 6.45) is 1.84. The molecule has 1 radical (unpaired) electrons. The van der Waals surface area contributed by atoms with Crippen LogP contribution in [0.5, 0.6) is 0 Å². The van der Waals surface area contributed by atoms with Crippen LogP contribution in [0.25, 0.3) is 10.9 Å². The van der Waals surface area contributed by atoms with Gasteiger partial charge in [0, 0.05) is 22.4 Å². The van der Waals surface area contributed by atoms with Crippen molar-refractivity contribution in [2.24, 2.45) is 0 Å². The van der Waals surface area contributed by atoms with E-state index in [-0.39, 0.29) is 22.4 Å². The Morgan fingerprint density at radius 2 is 1.03 bits per heavy atom. The number of nitrogens with zero attached hydrogens (tertiary/aromatic N) is 1. The molecule has 0 amide bonds. The third kappa shape index (κ3) is 4.20. The van der Waals surface area contributed by atoms with Crippen LogP contribution in [0.3, 0.4) is 0 Å². The third-order valence-corrected chi connectivity index (χ3v) is 9.74. The fourth-order valence-electron chi connectivity index (χ4n) is 4.15. The van der Waals surface area contributed by atoms with E-state index in [1.54, 1.807) is 0 Å². The molecule has 1 nitrogen and oxygen atoms in total. The Bertz CT molecular complexity index is 1270. The van der Waals surface area contributed by atoms with E-state index in [1.165, 1.54) is 15.9 Å². The molecular weight excluding hydrogens is 590 g/mol. The average molecular weight is 612 g/mol. The second-order valence-electron chi connectivity index (χ2n) is 7.48. The third-order valence-electron chi connectivity index (χ3n) is 5.64. The van der Waals surface area contributed by atoms with Crippen molar-refractivity contribution in [3.05, 3.63) is 133 Å². The van der Waals surface area contributed by atoms with E-state index in [2.05, 4.69) is 132 Å². The molecule has 32 heavy (non-hydrogen) atoms. The summed E-state index contributed by atoms with van der Waals surface area (Å²) in [7, 11) is -2.58. The molecular formula is C29H22AuNP. The summed E-state index contributed by atoms with van der Waals surface area (Å²) in [5.41, 5.74) is 5.76. The van der Waals surface area contributed by atoms with Crippen molar-refractivity contribution < 1.29 is 22.4 Å². The number of aromatic nitrogens is 1. The van der Waals surface area contributed by atoms with Crippen LogP contribution in [-0.2, 0) is 22.4 Å². The first-order valence-corrected chi connectivity index (χ1v) is 12.4. The molecule has 0 unspecified atom stereocenters. The van der Waals surface area contributed by atoms with Crippen molar-refractivity contribution in [1.82, 2.24) is 4.98 Å². The molecule has 0 saturated carbocycles. The molecule has 0 saturated heterocycles. The summed E-state index contributed by atoms with van der Waals surface area (Å²) in [4.78, 5) is 4.61. The quantitative estimate of drug-likeness (QED) is 0.154. The number of pyridine rings is 1. The molecule has 0 aliphatic heterocycles. The van der Waals surface area contributed by atoms with Crippen molar-refractivity contribution in [2.75, 3.05) is 0 Å². The summed E-state index contributed by atoms with van der Waals surface area (Å²) in [5.74, 6) is 3.57. The first kappa shape index (κ1) is 22.2. The van der Waals surface area contributed by atoms with Gasteiger partial charge in [-0.25, -0.2) is 0 Å². The van der Waals surface area contributed by atoms with Gasteiger partial charge in [-0.1, -0.05) is 0 Å². The van der Waals surface area contributed by atoms with Crippen LogP contribution in [0.15, 0.2) is 128 Å². The van der Waals surface area contributed by atoms with Crippen molar-refractivity contribution in [3.63, 3.8) is 0 Å². The first-order valence-electron chi connectivity index (χ1n) is 10.4. The number of fused-ring (bicyclic) bond motifs is 1. The molecule has 0 bridgehead atoms. The number of para-hydroxylation sites is 1. The summed E-state index contributed by atoms with van der Waals surface area (Å²) >= 11 is 0. The number of hydrogen-bond acceptors (Lipinski definition) is 1. The average Bonchev–Trinajstić information content (AvgIpc) is 2.86. The molecule has 0 aliphatic carbocycles. The van der Waals surface area contributed by atoms with Crippen LogP contribution >= 0.6 is 7.26 Å². The molecule has 1 heterocycles. The van der Waals surface area contributed by atoms with E-state index in [9.17, 15) is 0 Å². The van der Waals surface area contributed by atoms with Gasteiger partial charge < -0.3 is 0 Å². The molecule has 0 aliphatic rings. The largest absolute Gasteiger partial charge is 0 e. The smallest absolute Gasteiger partial charge is 0 e. The monoisotopic (exact) mass is 612 g/mol. The number of rotatable bonds is 3. The summed E-state index contributed by atoms with van der Waals surface area (Å²) in [6.45, 7) is 0. The predicted octanol–water partition coefficient (Wildman–Crippen LogP) is 5.27. The first-order chi connectivity index (χ1) is 15.4. The van der Waals surface area contributed by atoms with Crippen LogP contribution in [0.4, 0.5) is 0 Å². The van der Waals surface area contributed by atoms with Gasteiger partial charge >= 0.3 is 184 Å². The molecule has 1 aromatic heterocycles. The Balaban J connectivity index is 0.00000245. The van der Waals surface area contributed by atoms with Crippen LogP contribution in [-0.4, -0.2) is 4.98 Å².